The molecular weight excluding hydrogens is 196 g/mol. The molecule has 0 aliphatic carbocycles. The molecule has 3 rings (SSSR count). The maximum atomic E-state index is 8.12. The van der Waals surface area contributed by atoms with Gasteiger partial charge in [-0.05, 0) is 44.5 Å². The van der Waals surface area contributed by atoms with Gasteiger partial charge in [-0.25, -0.2) is 0 Å². The van der Waals surface area contributed by atoms with Gasteiger partial charge in [-0.3, -0.25) is 0 Å². The van der Waals surface area contributed by atoms with Crippen molar-refractivity contribution >= 4 is 5.69 Å². The summed E-state index contributed by atoms with van der Waals surface area (Å²) in [5, 5.41) is 3.19. The molecule has 1 unspecified atom stereocenters. The largest absolute Gasteiger partial charge is 0.384 e. The Hall–Kier alpha value is -1.02. The van der Waals surface area contributed by atoms with Gasteiger partial charge in [-0.15, -0.1) is 0 Å². The lowest BCUT2D eigenvalue weighted by Gasteiger charge is -2.22. The molecule has 0 amide bonds. The van der Waals surface area contributed by atoms with Gasteiger partial charge in [0.1, 0.15) is 0 Å². The van der Waals surface area contributed by atoms with Crippen LogP contribution in [0.15, 0.2) is 24.2 Å². The summed E-state index contributed by atoms with van der Waals surface area (Å²) in [4.78, 5) is 2.36. The molecule has 0 radical (unpaired) electrons. The van der Waals surface area contributed by atoms with E-state index in [1.807, 2.05) is 0 Å². The summed E-state index contributed by atoms with van der Waals surface area (Å²) in [7, 11) is 2.14. The molecule has 1 aromatic carbocycles. The van der Waals surface area contributed by atoms with Gasteiger partial charge >= 0.3 is 0 Å². The standard InChI is InChI=1S/C14H20N2/c1-16-8-4-5-12(16)9-11-10-15-14-7-3-2-6-13(11)14/h2-3,6-7,11-12,15H,4-5,8-10H2,1H3/t11?,12-/m1/s1/i2D,3D,6D,7D. The van der Waals surface area contributed by atoms with Crippen molar-refractivity contribution in [3.05, 3.63) is 29.7 Å². The van der Waals surface area contributed by atoms with Crippen LogP contribution in [0.5, 0.6) is 0 Å². The molecular formula is C14H20N2. The first-order chi connectivity index (χ1) is 9.50. The molecule has 0 saturated carbocycles. The van der Waals surface area contributed by atoms with E-state index in [9.17, 15) is 0 Å². The van der Waals surface area contributed by atoms with Crippen LogP contribution in [0.25, 0.3) is 0 Å². The van der Waals surface area contributed by atoms with Gasteiger partial charge in [0, 0.05) is 24.2 Å². The molecule has 2 nitrogen and oxygen atoms in total. The van der Waals surface area contributed by atoms with Crippen molar-refractivity contribution in [2.45, 2.75) is 31.2 Å². The molecule has 0 aromatic heterocycles. The average Bonchev–Trinajstić information content (AvgIpc) is 3.02. The van der Waals surface area contributed by atoms with Crippen LogP contribution < -0.4 is 5.32 Å². The zero-order chi connectivity index (χ0) is 14.4. The Morgan fingerprint density at radius 2 is 2.38 bits per heavy atom. The molecule has 16 heavy (non-hydrogen) atoms. The Bertz CT molecular complexity index is 547. The molecule has 2 aliphatic rings. The van der Waals surface area contributed by atoms with Gasteiger partial charge in [0.2, 0.25) is 0 Å². The highest BCUT2D eigenvalue weighted by Crippen LogP contribution is 2.36. The van der Waals surface area contributed by atoms with Gasteiger partial charge in [0.25, 0.3) is 0 Å². The van der Waals surface area contributed by atoms with Crippen molar-refractivity contribution in [1.29, 1.82) is 0 Å². The number of nitrogens with one attached hydrogen (secondary N) is 1. The Labute approximate surface area is 103 Å². The van der Waals surface area contributed by atoms with Gasteiger partial charge in [0.05, 0.1) is 5.48 Å². The van der Waals surface area contributed by atoms with Crippen LogP contribution in [0.3, 0.4) is 0 Å². The van der Waals surface area contributed by atoms with E-state index in [2.05, 4.69) is 17.3 Å². The molecule has 2 atom stereocenters. The molecule has 2 heterocycles. The van der Waals surface area contributed by atoms with Crippen molar-refractivity contribution in [1.82, 2.24) is 4.90 Å². The third-order valence-corrected chi connectivity index (χ3v) is 3.88. The van der Waals surface area contributed by atoms with E-state index in [4.69, 9.17) is 5.48 Å². The Kier molecular flexibility index (Phi) is 1.70. The highest BCUT2D eigenvalue weighted by atomic mass is 15.1. The monoisotopic (exact) mass is 220 g/mol. The number of anilines is 1. The number of benzene rings is 1. The third kappa shape index (κ3) is 1.71. The average molecular weight is 220 g/mol. The minimum absolute atomic E-state index is 0.0725. The maximum Gasteiger partial charge on any atom is 0.0645 e. The second kappa shape index (κ2) is 4.10. The number of fused-ring (bicyclic) bond motifs is 1. The van der Waals surface area contributed by atoms with E-state index in [0.717, 1.165) is 25.1 Å². The normalized spacial score (nSPS) is 32.6. The van der Waals surface area contributed by atoms with E-state index in [0.29, 0.717) is 11.7 Å². The second-order valence-electron chi connectivity index (χ2n) is 4.88. The first kappa shape index (κ1) is 6.65. The minimum Gasteiger partial charge on any atom is -0.384 e. The quantitative estimate of drug-likeness (QED) is 0.824. The van der Waals surface area contributed by atoms with Crippen LogP contribution in [0.4, 0.5) is 5.69 Å². The van der Waals surface area contributed by atoms with Crippen molar-refractivity contribution in [3.8, 4) is 0 Å². The number of hydrogen-bond acceptors (Lipinski definition) is 2. The summed E-state index contributed by atoms with van der Waals surface area (Å²) in [6.45, 7) is 1.85. The molecule has 0 spiro atoms. The van der Waals surface area contributed by atoms with Crippen molar-refractivity contribution in [2.75, 3.05) is 25.5 Å². The lowest BCUT2D eigenvalue weighted by molar-refractivity contribution is 0.285. The van der Waals surface area contributed by atoms with Gasteiger partial charge in [0.15, 0.2) is 0 Å². The number of likely N-dealkylation sites (tertiary alicyclic amines) is 1. The van der Waals surface area contributed by atoms with Crippen molar-refractivity contribution in [2.24, 2.45) is 0 Å². The fraction of sp³-hybridized carbons (Fsp3) is 0.571. The van der Waals surface area contributed by atoms with E-state index >= 15 is 0 Å². The zero-order valence-electron chi connectivity index (χ0n) is 13.6. The summed E-state index contributed by atoms with van der Waals surface area (Å²) < 4.78 is 31.7. The van der Waals surface area contributed by atoms with Gasteiger partial charge in [-0.1, -0.05) is 18.1 Å². The lowest BCUT2D eigenvalue weighted by Crippen LogP contribution is -2.27. The summed E-state index contributed by atoms with van der Waals surface area (Å²) in [6, 6.07) is 0.494. The van der Waals surface area contributed by atoms with E-state index in [-0.39, 0.29) is 30.1 Å². The van der Waals surface area contributed by atoms with Crippen LogP contribution in [0, 0.1) is 0 Å². The molecule has 86 valence electrons. The molecule has 1 N–H and O–H groups in total. The smallest absolute Gasteiger partial charge is 0.0645 e. The predicted molar refractivity (Wildman–Crippen MR) is 67.9 cm³/mol. The van der Waals surface area contributed by atoms with Gasteiger partial charge < -0.3 is 10.2 Å². The fourth-order valence-electron chi connectivity index (χ4n) is 2.90. The fourth-order valence-corrected chi connectivity index (χ4v) is 2.90. The number of nitrogens with zero attached hydrogens (tertiary/aromatic N) is 1. The predicted octanol–water partition coefficient (Wildman–Crippen LogP) is 2.68. The SMILES string of the molecule is [2H]c1c([2H])c([2H])c2c(c1[2H])NCC2C[C@H]1CCCN1C. The summed E-state index contributed by atoms with van der Waals surface area (Å²) in [5.74, 6) is 0.192. The van der Waals surface area contributed by atoms with Crippen molar-refractivity contribution in [3.63, 3.8) is 0 Å². The van der Waals surface area contributed by atoms with Gasteiger partial charge in [-0.2, -0.15) is 0 Å². The molecule has 0 bridgehead atoms. The second-order valence-corrected chi connectivity index (χ2v) is 4.88. The highest BCUT2D eigenvalue weighted by Gasteiger charge is 2.28. The summed E-state index contributed by atoms with van der Waals surface area (Å²) >= 11 is 0. The molecule has 1 fully saturated rings. The van der Waals surface area contributed by atoms with Crippen molar-refractivity contribution < 1.29 is 5.48 Å². The first-order valence-electron chi connectivity index (χ1n) is 8.05. The molecule has 2 aliphatic heterocycles. The Morgan fingerprint density at radius 1 is 1.50 bits per heavy atom. The Morgan fingerprint density at radius 3 is 3.19 bits per heavy atom. The molecule has 1 aromatic rings. The van der Waals surface area contributed by atoms with Crippen LogP contribution in [-0.2, 0) is 0 Å². The lowest BCUT2D eigenvalue weighted by atomic mass is 9.93. The van der Waals surface area contributed by atoms with Crippen LogP contribution in [0.2, 0.25) is 0 Å². The number of hydrogen-bond donors (Lipinski definition) is 1. The molecule has 2 heteroatoms. The third-order valence-electron chi connectivity index (χ3n) is 3.88. The number of rotatable bonds is 2. The topological polar surface area (TPSA) is 15.3 Å². The number of para-hydroxylation sites is 1. The van der Waals surface area contributed by atoms with Crippen LogP contribution >= 0.6 is 0 Å². The highest BCUT2D eigenvalue weighted by molar-refractivity contribution is 5.57. The summed E-state index contributed by atoms with van der Waals surface area (Å²) in [6.07, 6.45) is 3.38. The Balaban J connectivity index is 1.93. The molecule has 1 saturated heterocycles. The first-order valence-corrected chi connectivity index (χ1v) is 6.05. The summed E-state index contributed by atoms with van der Waals surface area (Å²) in [5.41, 5.74) is 1.40. The minimum atomic E-state index is -0.139. The van der Waals surface area contributed by atoms with Crippen LogP contribution in [-0.4, -0.2) is 31.1 Å². The maximum absolute atomic E-state index is 8.12. The zero-order valence-corrected chi connectivity index (χ0v) is 9.64. The van der Waals surface area contributed by atoms with Crippen LogP contribution in [0.1, 0.15) is 36.2 Å². The van der Waals surface area contributed by atoms with E-state index < -0.39 is 0 Å². The van der Waals surface area contributed by atoms with E-state index in [1.165, 1.54) is 12.8 Å². The van der Waals surface area contributed by atoms with E-state index in [1.54, 1.807) is 0 Å².